The third-order valence-electron chi connectivity index (χ3n) is 6.35. The van der Waals surface area contributed by atoms with Crippen molar-refractivity contribution >= 4 is 17.5 Å². The molecule has 1 aliphatic heterocycles. The van der Waals surface area contributed by atoms with Crippen molar-refractivity contribution in [2.24, 2.45) is 5.73 Å². The molecule has 2 aromatic carbocycles. The molecule has 0 spiro atoms. The van der Waals surface area contributed by atoms with Crippen molar-refractivity contribution in [1.82, 2.24) is 4.90 Å². The summed E-state index contributed by atoms with van der Waals surface area (Å²) in [5.41, 5.74) is 10.3. The van der Waals surface area contributed by atoms with Crippen LogP contribution in [0.4, 0.5) is 0 Å². The molecule has 2 N–H and O–H groups in total. The molecule has 5 rings (SSSR count). The summed E-state index contributed by atoms with van der Waals surface area (Å²) in [5, 5.41) is 0.705. The highest BCUT2D eigenvalue weighted by Crippen LogP contribution is 2.61. The minimum Gasteiger partial charge on any atom is -0.342 e. The lowest BCUT2D eigenvalue weighted by Gasteiger charge is -2.38. The minimum atomic E-state index is -0.567. The highest BCUT2D eigenvalue weighted by atomic mass is 35.5. The van der Waals surface area contributed by atoms with E-state index in [1.807, 2.05) is 23.1 Å². The van der Waals surface area contributed by atoms with Crippen LogP contribution < -0.4 is 5.73 Å². The lowest BCUT2D eigenvalue weighted by atomic mass is 9.74. The van der Waals surface area contributed by atoms with Crippen LogP contribution in [0.3, 0.4) is 0 Å². The summed E-state index contributed by atoms with van der Waals surface area (Å²) in [6.45, 7) is 1.51. The monoisotopic (exact) mass is 352 g/mol. The van der Waals surface area contributed by atoms with Crippen LogP contribution in [0, 0.1) is 0 Å². The fourth-order valence-electron chi connectivity index (χ4n) is 5.14. The Labute approximate surface area is 152 Å². The van der Waals surface area contributed by atoms with Crippen molar-refractivity contribution in [2.75, 3.05) is 13.1 Å². The number of halogens is 1. The molecular weight excluding hydrogens is 332 g/mol. The molecule has 3 aliphatic rings. The van der Waals surface area contributed by atoms with E-state index in [1.54, 1.807) is 0 Å². The van der Waals surface area contributed by atoms with E-state index in [4.69, 9.17) is 17.3 Å². The van der Waals surface area contributed by atoms with E-state index in [-0.39, 0.29) is 11.9 Å². The second kappa shape index (κ2) is 5.33. The first kappa shape index (κ1) is 15.4. The second-order valence-electron chi connectivity index (χ2n) is 7.61. The van der Waals surface area contributed by atoms with Gasteiger partial charge in [-0.15, -0.1) is 0 Å². The Balaban J connectivity index is 1.67. The van der Waals surface area contributed by atoms with Gasteiger partial charge >= 0.3 is 0 Å². The molecule has 25 heavy (non-hydrogen) atoms. The molecule has 4 heteroatoms. The van der Waals surface area contributed by atoms with Gasteiger partial charge in [0.1, 0.15) is 5.41 Å². The number of carbonyl (C=O) groups is 1. The summed E-state index contributed by atoms with van der Waals surface area (Å²) in [7, 11) is 0. The Bertz CT molecular complexity index is 872. The summed E-state index contributed by atoms with van der Waals surface area (Å²) in [5.74, 6) is 0.537. The van der Waals surface area contributed by atoms with E-state index in [1.165, 1.54) is 16.7 Å². The van der Waals surface area contributed by atoms with Gasteiger partial charge in [0, 0.05) is 30.1 Å². The molecular formula is C21H21ClN2O. The zero-order valence-corrected chi connectivity index (χ0v) is 14.8. The summed E-state index contributed by atoms with van der Waals surface area (Å²) >= 11 is 6.32. The van der Waals surface area contributed by atoms with Crippen molar-refractivity contribution in [3.63, 3.8) is 0 Å². The van der Waals surface area contributed by atoms with Gasteiger partial charge in [0.15, 0.2) is 0 Å². The zero-order chi connectivity index (χ0) is 17.2. The van der Waals surface area contributed by atoms with Crippen molar-refractivity contribution in [1.29, 1.82) is 0 Å². The molecule has 128 valence electrons. The maximum Gasteiger partial charge on any atom is 0.237 e. The Kier molecular flexibility index (Phi) is 3.28. The summed E-state index contributed by atoms with van der Waals surface area (Å²) in [6.07, 6.45) is 2.61. The van der Waals surface area contributed by atoms with E-state index < -0.39 is 5.41 Å². The number of carbonyl (C=O) groups excluding carboxylic acids is 1. The fraction of sp³-hybridized carbons (Fsp3) is 0.381. The fourth-order valence-corrected chi connectivity index (χ4v) is 5.31. The van der Waals surface area contributed by atoms with Gasteiger partial charge in [-0.05, 0) is 53.6 Å². The normalized spacial score (nSPS) is 27.3. The third-order valence-corrected chi connectivity index (χ3v) is 6.58. The Morgan fingerprint density at radius 2 is 1.80 bits per heavy atom. The first-order valence-corrected chi connectivity index (χ1v) is 9.43. The molecule has 0 aromatic heterocycles. The van der Waals surface area contributed by atoms with Crippen molar-refractivity contribution < 1.29 is 4.79 Å². The SMILES string of the molecule is NC1CCN(C(=O)[C@]23C[C@@H](c4ccccc42)c2ccc(Cl)cc23)CC1. The van der Waals surface area contributed by atoms with Crippen LogP contribution in [-0.2, 0) is 10.2 Å². The number of nitrogens with two attached hydrogens (primary N) is 1. The van der Waals surface area contributed by atoms with Crippen LogP contribution in [0.2, 0.25) is 5.02 Å². The Hall–Kier alpha value is -1.84. The van der Waals surface area contributed by atoms with E-state index >= 15 is 0 Å². The van der Waals surface area contributed by atoms with Gasteiger partial charge in [0.05, 0.1) is 0 Å². The predicted octanol–water partition coefficient (Wildman–Crippen LogP) is 3.42. The van der Waals surface area contributed by atoms with E-state index in [0.717, 1.165) is 37.9 Å². The van der Waals surface area contributed by atoms with E-state index in [0.29, 0.717) is 10.9 Å². The highest BCUT2D eigenvalue weighted by Gasteiger charge is 2.58. The molecule has 1 amide bonds. The quantitative estimate of drug-likeness (QED) is 0.854. The number of likely N-dealkylation sites (tertiary alicyclic amines) is 1. The number of hydrogen-bond donors (Lipinski definition) is 1. The number of benzene rings is 2. The van der Waals surface area contributed by atoms with E-state index in [2.05, 4.69) is 24.3 Å². The predicted molar refractivity (Wildman–Crippen MR) is 98.9 cm³/mol. The molecule has 0 unspecified atom stereocenters. The molecule has 2 atom stereocenters. The van der Waals surface area contributed by atoms with E-state index in [9.17, 15) is 4.79 Å². The molecule has 1 heterocycles. The summed E-state index contributed by atoms with van der Waals surface area (Å²) in [4.78, 5) is 15.8. The van der Waals surface area contributed by atoms with Crippen molar-refractivity contribution in [3.8, 4) is 0 Å². The molecule has 1 saturated heterocycles. The zero-order valence-electron chi connectivity index (χ0n) is 14.0. The number of hydrogen-bond acceptors (Lipinski definition) is 2. The average molecular weight is 353 g/mol. The minimum absolute atomic E-state index is 0.218. The van der Waals surface area contributed by atoms with Crippen LogP contribution in [0.15, 0.2) is 42.5 Å². The molecule has 1 fully saturated rings. The molecule has 0 saturated carbocycles. The largest absolute Gasteiger partial charge is 0.342 e. The van der Waals surface area contributed by atoms with Crippen molar-refractivity contribution in [3.05, 3.63) is 69.7 Å². The standard InChI is InChI=1S/C21H21ClN2O/c22-13-5-6-16-17-12-21(19(16)11-13,18-4-2-1-3-15(17)18)20(25)24-9-7-14(23)8-10-24/h1-6,11,14,17H,7-10,12,23H2/t17-,21+/m0/s1. The first-order valence-electron chi connectivity index (χ1n) is 9.05. The molecule has 0 radical (unpaired) electrons. The maximum atomic E-state index is 13.8. The van der Waals surface area contributed by atoms with Gasteiger partial charge in [0.25, 0.3) is 0 Å². The Morgan fingerprint density at radius 1 is 1.08 bits per heavy atom. The number of fused-ring (bicyclic) bond motifs is 8. The summed E-state index contributed by atoms with van der Waals surface area (Å²) in [6, 6.07) is 14.7. The summed E-state index contributed by atoms with van der Waals surface area (Å²) < 4.78 is 0. The van der Waals surface area contributed by atoms with Crippen molar-refractivity contribution in [2.45, 2.75) is 36.6 Å². The van der Waals surface area contributed by atoms with Gasteiger partial charge in [-0.1, -0.05) is 41.9 Å². The van der Waals surface area contributed by atoms with Crippen LogP contribution in [0.5, 0.6) is 0 Å². The van der Waals surface area contributed by atoms with Crippen LogP contribution >= 0.6 is 11.6 Å². The smallest absolute Gasteiger partial charge is 0.237 e. The third kappa shape index (κ3) is 2.00. The van der Waals surface area contributed by atoms with Gasteiger partial charge in [-0.2, -0.15) is 0 Å². The second-order valence-corrected chi connectivity index (χ2v) is 8.05. The first-order chi connectivity index (χ1) is 12.1. The van der Waals surface area contributed by atoms with Crippen LogP contribution in [-0.4, -0.2) is 29.9 Å². The number of piperidine rings is 1. The molecule has 3 nitrogen and oxygen atoms in total. The highest BCUT2D eigenvalue weighted by molar-refractivity contribution is 6.30. The molecule has 2 aromatic rings. The van der Waals surface area contributed by atoms with Gasteiger partial charge in [-0.3, -0.25) is 4.79 Å². The number of amides is 1. The lowest BCUT2D eigenvalue weighted by Crippen LogP contribution is -2.50. The topological polar surface area (TPSA) is 46.3 Å². The molecule has 2 aliphatic carbocycles. The lowest BCUT2D eigenvalue weighted by molar-refractivity contribution is -0.136. The maximum absolute atomic E-state index is 13.8. The van der Waals surface area contributed by atoms with Gasteiger partial charge in [0.2, 0.25) is 5.91 Å². The van der Waals surface area contributed by atoms with Crippen LogP contribution in [0.1, 0.15) is 47.4 Å². The number of nitrogens with zero attached hydrogens (tertiary/aromatic N) is 1. The average Bonchev–Trinajstić information content (AvgIpc) is 3.15. The van der Waals surface area contributed by atoms with Crippen LogP contribution in [0.25, 0.3) is 0 Å². The number of rotatable bonds is 1. The van der Waals surface area contributed by atoms with Gasteiger partial charge in [-0.25, -0.2) is 0 Å². The van der Waals surface area contributed by atoms with Gasteiger partial charge < -0.3 is 10.6 Å². The Morgan fingerprint density at radius 3 is 2.60 bits per heavy atom. The molecule has 2 bridgehead atoms.